The van der Waals surface area contributed by atoms with Crippen molar-refractivity contribution in [2.75, 3.05) is 11.9 Å². The lowest BCUT2D eigenvalue weighted by atomic mass is 10.2. The Bertz CT molecular complexity index is 1080. The Morgan fingerprint density at radius 2 is 2.00 bits per heavy atom. The summed E-state index contributed by atoms with van der Waals surface area (Å²) in [5.41, 5.74) is 1.17. The molecule has 1 amide bonds. The maximum atomic E-state index is 12.7. The molecule has 136 valence electrons. The molecule has 0 spiro atoms. The number of amides is 1. The summed E-state index contributed by atoms with van der Waals surface area (Å²) in [5, 5.41) is 3.81. The van der Waals surface area contributed by atoms with E-state index in [1.54, 1.807) is 33.9 Å². The zero-order valence-electron chi connectivity index (χ0n) is 14.7. The van der Waals surface area contributed by atoms with Crippen LogP contribution in [0.25, 0.3) is 10.2 Å². The highest BCUT2D eigenvalue weighted by Crippen LogP contribution is 2.31. The molecule has 0 bridgehead atoms. The van der Waals surface area contributed by atoms with Gasteiger partial charge in [-0.05, 0) is 38.0 Å². The molecule has 9 heteroatoms. The lowest BCUT2D eigenvalue weighted by Gasteiger charge is -2.01. The Morgan fingerprint density at radius 1 is 1.27 bits per heavy atom. The van der Waals surface area contributed by atoms with E-state index in [9.17, 15) is 14.4 Å². The number of fused-ring (bicyclic) bond motifs is 1. The van der Waals surface area contributed by atoms with Crippen LogP contribution in [0.2, 0.25) is 0 Å². The van der Waals surface area contributed by atoms with Crippen molar-refractivity contribution in [3.8, 4) is 0 Å². The van der Waals surface area contributed by atoms with Gasteiger partial charge in [0, 0.05) is 7.05 Å². The van der Waals surface area contributed by atoms with Gasteiger partial charge in [-0.3, -0.25) is 9.59 Å². The molecule has 0 saturated heterocycles. The molecule has 0 atom stereocenters. The van der Waals surface area contributed by atoms with E-state index < -0.39 is 5.97 Å². The highest BCUT2D eigenvalue weighted by molar-refractivity contribution is 7.21. The van der Waals surface area contributed by atoms with Crippen molar-refractivity contribution in [1.29, 1.82) is 0 Å². The first-order valence-electron chi connectivity index (χ1n) is 7.87. The third-order valence-electron chi connectivity index (χ3n) is 3.83. The van der Waals surface area contributed by atoms with E-state index in [-0.39, 0.29) is 11.5 Å². The summed E-state index contributed by atoms with van der Waals surface area (Å²) >= 11 is 2.34. The first-order valence-corrected chi connectivity index (χ1v) is 9.50. The molecule has 3 aromatic heterocycles. The van der Waals surface area contributed by atoms with Gasteiger partial charge >= 0.3 is 5.97 Å². The van der Waals surface area contributed by atoms with Crippen LogP contribution in [0.5, 0.6) is 0 Å². The number of aryl methyl sites for hydroxylation is 3. The number of carbonyl (C=O) groups excluding carboxylic acids is 2. The molecule has 0 fully saturated rings. The molecule has 0 aliphatic rings. The number of nitrogens with zero attached hydrogens (tertiary/aromatic N) is 2. The summed E-state index contributed by atoms with van der Waals surface area (Å²) in [4.78, 5) is 42.5. The summed E-state index contributed by atoms with van der Waals surface area (Å²) in [5.74, 6) is -0.731. The van der Waals surface area contributed by atoms with Gasteiger partial charge < -0.3 is 14.6 Å². The third-order valence-corrected chi connectivity index (χ3v) is 6.16. The van der Waals surface area contributed by atoms with Crippen LogP contribution >= 0.6 is 22.7 Å². The molecule has 0 radical (unpaired) electrons. The maximum Gasteiger partial charge on any atom is 0.348 e. The molecule has 26 heavy (non-hydrogen) atoms. The van der Waals surface area contributed by atoms with Gasteiger partial charge in [0.2, 0.25) is 0 Å². The van der Waals surface area contributed by atoms with Crippen molar-refractivity contribution in [3.05, 3.63) is 43.6 Å². The van der Waals surface area contributed by atoms with Gasteiger partial charge in [0.25, 0.3) is 11.5 Å². The number of ether oxygens (including phenoxy) is 1. The maximum absolute atomic E-state index is 12.7. The first kappa shape index (κ1) is 18.3. The van der Waals surface area contributed by atoms with Gasteiger partial charge in [-0.25, -0.2) is 9.78 Å². The zero-order chi connectivity index (χ0) is 19.0. The fourth-order valence-electron chi connectivity index (χ4n) is 2.54. The molecule has 0 saturated carbocycles. The number of aromatic nitrogens is 2. The highest BCUT2D eigenvalue weighted by atomic mass is 32.1. The van der Waals surface area contributed by atoms with E-state index in [1.165, 1.54) is 33.6 Å². The average molecular weight is 391 g/mol. The van der Waals surface area contributed by atoms with E-state index in [4.69, 9.17) is 4.74 Å². The van der Waals surface area contributed by atoms with Crippen LogP contribution in [0.3, 0.4) is 0 Å². The predicted molar refractivity (Wildman–Crippen MR) is 103 cm³/mol. The van der Waals surface area contributed by atoms with E-state index in [0.717, 1.165) is 5.56 Å². The van der Waals surface area contributed by atoms with E-state index in [0.29, 0.717) is 37.1 Å². The number of carbonyl (C=O) groups is 2. The van der Waals surface area contributed by atoms with Crippen molar-refractivity contribution in [3.63, 3.8) is 0 Å². The summed E-state index contributed by atoms with van der Waals surface area (Å²) in [7, 11) is 1.62. The molecular weight excluding hydrogens is 374 g/mol. The monoisotopic (exact) mass is 391 g/mol. The summed E-state index contributed by atoms with van der Waals surface area (Å²) < 4.78 is 6.40. The summed E-state index contributed by atoms with van der Waals surface area (Å²) in [6, 6.07) is 1.73. The number of rotatable bonds is 4. The molecule has 1 N–H and O–H groups in total. The molecule has 3 heterocycles. The third kappa shape index (κ3) is 3.15. The molecule has 7 nitrogen and oxygen atoms in total. The molecule has 3 aromatic rings. The zero-order valence-corrected chi connectivity index (χ0v) is 16.3. The molecule has 0 aliphatic heterocycles. The average Bonchev–Trinajstić information content (AvgIpc) is 3.12. The van der Waals surface area contributed by atoms with Crippen molar-refractivity contribution in [2.24, 2.45) is 7.05 Å². The Kier molecular flexibility index (Phi) is 4.92. The topological polar surface area (TPSA) is 90.3 Å². The minimum atomic E-state index is -0.402. The number of anilines is 1. The minimum absolute atomic E-state index is 0.181. The van der Waals surface area contributed by atoms with Crippen LogP contribution in [0.4, 0.5) is 5.00 Å². The quantitative estimate of drug-likeness (QED) is 0.690. The van der Waals surface area contributed by atoms with E-state index in [2.05, 4.69) is 10.3 Å². The number of esters is 1. The van der Waals surface area contributed by atoms with Gasteiger partial charge in [0.05, 0.1) is 28.2 Å². The van der Waals surface area contributed by atoms with Crippen LogP contribution < -0.4 is 10.9 Å². The number of hydrogen-bond acceptors (Lipinski definition) is 7. The van der Waals surface area contributed by atoms with Gasteiger partial charge in [0.15, 0.2) is 0 Å². The number of nitrogens with one attached hydrogen (secondary N) is 1. The smallest absolute Gasteiger partial charge is 0.348 e. The van der Waals surface area contributed by atoms with E-state index in [1.807, 2.05) is 0 Å². The second-order valence-electron chi connectivity index (χ2n) is 5.69. The Hall–Kier alpha value is -2.52. The highest BCUT2D eigenvalue weighted by Gasteiger charge is 2.21. The first-order chi connectivity index (χ1) is 12.3. The molecular formula is C17H17N3O4S2. The Labute approximate surface area is 157 Å². The molecule has 0 aromatic carbocycles. The predicted octanol–water partition coefficient (Wildman–Crippen LogP) is 3.10. The summed E-state index contributed by atoms with van der Waals surface area (Å²) in [6.07, 6.45) is 1.44. The molecule has 3 rings (SSSR count). The van der Waals surface area contributed by atoms with Crippen molar-refractivity contribution in [1.82, 2.24) is 9.55 Å². The summed E-state index contributed by atoms with van der Waals surface area (Å²) in [6.45, 7) is 5.56. The fraction of sp³-hybridized carbons (Fsp3) is 0.294. The largest absolute Gasteiger partial charge is 0.462 e. The lowest BCUT2D eigenvalue weighted by molar-refractivity contribution is 0.0531. The van der Waals surface area contributed by atoms with Gasteiger partial charge in [0.1, 0.15) is 9.71 Å². The Balaban J connectivity index is 1.92. The normalized spacial score (nSPS) is 10.9. The van der Waals surface area contributed by atoms with Gasteiger partial charge in [-0.1, -0.05) is 0 Å². The lowest BCUT2D eigenvalue weighted by Crippen LogP contribution is -2.17. The van der Waals surface area contributed by atoms with Crippen LogP contribution in [-0.2, 0) is 11.8 Å². The van der Waals surface area contributed by atoms with Crippen LogP contribution in [0.15, 0.2) is 17.2 Å². The van der Waals surface area contributed by atoms with Crippen LogP contribution in [0.1, 0.15) is 37.4 Å². The number of hydrogen-bond donors (Lipinski definition) is 1. The van der Waals surface area contributed by atoms with Gasteiger partial charge in [-0.15, -0.1) is 22.7 Å². The fourth-order valence-corrected chi connectivity index (χ4v) is 4.53. The van der Waals surface area contributed by atoms with Crippen molar-refractivity contribution < 1.29 is 14.3 Å². The second-order valence-corrected chi connectivity index (χ2v) is 7.75. The number of thiophene rings is 2. The standard InChI is InChI=1S/C17H17N3O4S2/c1-5-24-17(23)12-8(2)6-10(25-12)19-14(21)13-9(3)11-15(26-13)18-7-20(4)16(11)22/h6-7H,5H2,1-4H3,(H,19,21). The molecule has 0 unspecified atom stereocenters. The van der Waals surface area contributed by atoms with Crippen molar-refractivity contribution in [2.45, 2.75) is 20.8 Å². The molecule has 0 aliphatic carbocycles. The second kappa shape index (κ2) is 7.00. The van der Waals surface area contributed by atoms with Crippen LogP contribution in [0, 0.1) is 13.8 Å². The Morgan fingerprint density at radius 3 is 2.69 bits per heavy atom. The van der Waals surface area contributed by atoms with E-state index >= 15 is 0 Å². The van der Waals surface area contributed by atoms with Gasteiger partial charge in [-0.2, -0.15) is 0 Å². The van der Waals surface area contributed by atoms with Crippen LogP contribution in [-0.4, -0.2) is 28.0 Å². The SMILES string of the molecule is CCOC(=O)c1sc(NC(=O)c2sc3ncn(C)c(=O)c3c2C)cc1C. The minimum Gasteiger partial charge on any atom is -0.462 e. The van der Waals surface area contributed by atoms with Crippen molar-refractivity contribution >= 4 is 49.8 Å².